The maximum atomic E-state index is 13.4. The molecule has 0 atom stereocenters. The molecule has 0 unspecified atom stereocenters. The van der Waals surface area contributed by atoms with Crippen LogP contribution in [-0.4, -0.2) is 62.3 Å². The summed E-state index contributed by atoms with van der Waals surface area (Å²) >= 11 is 5.95. The Kier molecular flexibility index (Phi) is 7.55. The number of ether oxygens (including phenoxy) is 2. The number of anilines is 1. The van der Waals surface area contributed by atoms with Crippen molar-refractivity contribution in [1.82, 2.24) is 14.5 Å². The van der Waals surface area contributed by atoms with Gasteiger partial charge in [-0.2, -0.15) is 4.31 Å². The first kappa shape index (κ1) is 24.3. The topological polar surface area (TPSA) is 84.9 Å². The fourth-order valence-electron chi connectivity index (χ4n) is 3.79. The van der Waals surface area contributed by atoms with Gasteiger partial charge in [-0.25, -0.2) is 8.42 Å². The maximum absolute atomic E-state index is 13.4. The van der Waals surface area contributed by atoms with Gasteiger partial charge in [-0.15, -0.1) is 10.2 Å². The predicted molar refractivity (Wildman–Crippen MR) is 132 cm³/mol. The molecule has 4 rings (SSSR count). The summed E-state index contributed by atoms with van der Waals surface area (Å²) in [5.74, 6) is 1.54. The zero-order chi connectivity index (χ0) is 24.1. The summed E-state index contributed by atoms with van der Waals surface area (Å²) in [5.41, 5.74) is 1.68. The second-order valence-electron chi connectivity index (χ2n) is 7.65. The van der Waals surface area contributed by atoms with Gasteiger partial charge in [-0.3, -0.25) is 0 Å². The third-order valence-corrected chi connectivity index (χ3v) is 7.67. The molecule has 1 saturated heterocycles. The molecule has 0 radical (unpaired) electrons. The lowest BCUT2D eigenvalue weighted by Crippen LogP contribution is -2.49. The summed E-state index contributed by atoms with van der Waals surface area (Å²) in [7, 11) is -3.75. The van der Waals surface area contributed by atoms with E-state index in [-0.39, 0.29) is 4.90 Å². The highest BCUT2D eigenvalue weighted by molar-refractivity contribution is 7.89. The quantitative estimate of drug-likeness (QED) is 0.458. The maximum Gasteiger partial charge on any atom is 0.247 e. The fraction of sp³-hybridized carbons (Fsp3) is 0.333. The number of piperazine rings is 1. The first-order chi connectivity index (χ1) is 16.4. The summed E-state index contributed by atoms with van der Waals surface area (Å²) < 4.78 is 39.5. The van der Waals surface area contributed by atoms with Crippen molar-refractivity contribution in [3.8, 4) is 22.8 Å². The Labute approximate surface area is 205 Å². The van der Waals surface area contributed by atoms with Crippen LogP contribution in [0.5, 0.6) is 11.5 Å². The first-order valence-corrected chi connectivity index (χ1v) is 13.0. The van der Waals surface area contributed by atoms with E-state index in [2.05, 4.69) is 10.2 Å². The number of nitrogens with zero attached hydrogens (tertiary/aromatic N) is 4. The van der Waals surface area contributed by atoms with E-state index in [1.54, 1.807) is 12.1 Å². The van der Waals surface area contributed by atoms with Gasteiger partial charge in [0.2, 0.25) is 10.0 Å². The lowest BCUT2D eigenvalue weighted by Gasteiger charge is -2.34. The molecule has 0 spiro atoms. The van der Waals surface area contributed by atoms with Crippen LogP contribution >= 0.6 is 11.6 Å². The molecule has 34 heavy (non-hydrogen) atoms. The van der Waals surface area contributed by atoms with Crippen LogP contribution in [0.25, 0.3) is 11.3 Å². The van der Waals surface area contributed by atoms with Crippen molar-refractivity contribution < 1.29 is 17.9 Å². The number of hydrogen-bond acceptors (Lipinski definition) is 7. The highest BCUT2D eigenvalue weighted by atomic mass is 35.5. The molecule has 1 fully saturated rings. The molecule has 2 aromatic carbocycles. The molecule has 0 saturated carbocycles. The van der Waals surface area contributed by atoms with E-state index in [9.17, 15) is 8.42 Å². The van der Waals surface area contributed by atoms with Crippen molar-refractivity contribution in [1.29, 1.82) is 0 Å². The Balaban J connectivity index is 1.47. The Morgan fingerprint density at radius 2 is 1.59 bits per heavy atom. The van der Waals surface area contributed by atoms with E-state index in [4.69, 9.17) is 21.1 Å². The fourth-order valence-corrected chi connectivity index (χ4v) is 5.48. The summed E-state index contributed by atoms with van der Waals surface area (Å²) in [5, 5.41) is 9.35. The molecular weight excluding hydrogens is 476 g/mol. The number of hydrogen-bond donors (Lipinski definition) is 0. The van der Waals surface area contributed by atoms with Crippen molar-refractivity contribution in [2.75, 3.05) is 44.3 Å². The highest BCUT2D eigenvalue weighted by Crippen LogP contribution is 2.32. The Bertz CT molecular complexity index is 1210. The molecule has 0 bridgehead atoms. The zero-order valence-electron chi connectivity index (χ0n) is 19.1. The molecule has 8 nitrogen and oxygen atoms in total. The van der Waals surface area contributed by atoms with Gasteiger partial charge in [0.15, 0.2) is 5.82 Å². The van der Waals surface area contributed by atoms with Crippen LogP contribution < -0.4 is 14.4 Å². The predicted octanol–water partition coefficient (Wildman–Crippen LogP) is 4.11. The average molecular weight is 503 g/mol. The Hall–Kier alpha value is -2.88. The zero-order valence-corrected chi connectivity index (χ0v) is 20.7. The van der Waals surface area contributed by atoms with E-state index < -0.39 is 10.0 Å². The third-order valence-electron chi connectivity index (χ3n) is 5.50. The lowest BCUT2D eigenvalue weighted by molar-refractivity contribution is 0.319. The Morgan fingerprint density at radius 3 is 2.21 bits per heavy atom. The number of rotatable bonds is 8. The van der Waals surface area contributed by atoms with Crippen LogP contribution in [0, 0.1) is 0 Å². The van der Waals surface area contributed by atoms with Crippen LogP contribution in [0.15, 0.2) is 59.5 Å². The van der Waals surface area contributed by atoms with Gasteiger partial charge in [0.25, 0.3) is 0 Å². The minimum Gasteiger partial charge on any atom is -0.494 e. The molecule has 1 aromatic heterocycles. The van der Waals surface area contributed by atoms with Gasteiger partial charge >= 0.3 is 0 Å². The highest BCUT2D eigenvalue weighted by Gasteiger charge is 2.32. The molecule has 3 aromatic rings. The number of aromatic nitrogens is 2. The second-order valence-corrected chi connectivity index (χ2v) is 9.99. The standard InChI is InChI=1S/C24H27ClN4O4S/c1-3-32-20-9-11-22(33-4-2)23(17-20)34(30,31)29-15-13-28(14-16-29)24-12-10-21(26-27-24)18-5-7-19(25)8-6-18/h5-12,17H,3-4,13-16H2,1-2H3. The van der Waals surface area contributed by atoms with Crippen LogP contribution in [0.3, 0.4) is 0 Å². The molecule has 0 amide bonds. The smallest absolute Gasteiger partial charge is 0.247 e. The van der Waals surface area contributed by atoms with Gasteiger partial charge in [-0.1, -0.05) is 23.7 Å². The molecular formula is C24H27ClN4O4S. The minimum atomic E-state index is -3.75. The first-order valence-electron chi connectivity index (χ1n) is 11.2. The van der Waals surface area contributed by atoms with E-state index in [0.29, 0.717) is 61.7 Å². The number of halogens is 1. The van der Waals surface area contributed by atoms with Crippen molar-refractivity contribution in [3.63, 3.8) is 0 Å². The number of sulfonamides is 1. The largest absolute Gasteiger partial charge is 0.494 e. The van der Waals surface area contributed by atoms with E-state index in [0.717, 1.165) is 11.3 Å². The minimum absolute atomic E-state index is 0.126. The van der Waals surface area contributed by atoms with E-state index in [1.165, 1.54) is 10.4 Å². The van der Waals surface area contributed by atoms with Crippen LogP contribution in [-0.2, 0) is 10.0 Å². The molecule has 1 aliphatic heterocycles. The normalized spacial score (nSPS) is 14.7. The average Bonchev–Trinajstić information content (AvgIpc) is 2.86. The van der Waals surface area contributed by atoms with Gasteiger partial charge in [0.1, 0.15) is 16.4 Å². The molecule has 0 aliphatic carbocycles. The van der Waals surface area contributed by atoms with Gasteiger partial charge in [0, 0.05) is 42.8 Å². The van der Waals surface area contributed by atoms with Crippen LogP contribution in [0.2, 0.25) is 5.02 Å². The summed E-state index contributed by atoms with van der Waals surface area (Å²) in [4.78, 5) is 2.16. The lowest BCUT2D eigenvalue weighted by atomic mass is 10.1. The molecule has 10 heteroatoms. The van der Waals surface area contributed by atoms with Crippen molar-refractivity contribution in [3.05, 3.63) is 59.6 Å². The summed E-state index contributed by atoms with van der Waals surface area (Å²) in [6, 6.07) is 16.1. The molecule has 180 valence electrons. The van der Waals surface area contributed by atoms with Gasteiger partial charge < -0.3 is 14.4 Å². The van der Waals surface area contributed by atoms with Crippen LogP contribution in [0.1, 0.15) is 13.8 Å². The van der Waals surface area contributed by atoms with Gasteiger partial charge in [-0.05, 0) is 50.2 Å². The summed E-state index contributed by atoms with van der Waals surface area (Å²) in [6.07, 6.45) is 0. The monoisotopic (exact) mass is 502 g/mol. The Morgan fingerprint density at radius 1 is 0.882 bits per heavy atom. The second kappa shape index (κ2) is 10.6. The van der Waals surface area contributed by atoms with E-state index >= 15 is 0 Å². The molecule has 2 heterocycles. The molecule has 0 N–H and O–H groups in total. The van der Waals surface area contributed by atoms with Crippen LogP contribution in [0.4, 0.5) is 5.82 Å². The van der Waals surface area contributed by atoms with Crippen molar-refractivity contribution in [2.24, 2.45) is 0 Å². The van der Waals surface area contributed by atoms with Gasteiger partial charge in [0.05, 0.1) is 18.9 Å². The SMILES string of the molecule is CCOc1ccc(OCC)c(S(=O)(=O)N2CCN(c3ccc(-c4ccc(Cl)cc4)nn3)CC2)c1. The number of benzene rings is 2. The third kappa shape index (κ3) is 5.27. The van der Waals surface area contributed by atoms with Crippen molar-refractivity contribution >= 4 is 27.4 Å². The van der Waals surface area contributed by atoms with E-state index in [1.807, 2.05) is 55.1 Å². The summed E-state index contributed by atoms with van der Waals surface area (Å²) in [6.45, 7) is 6.16. The molecule has 1 aliphatic rings. The van der Waals surface area contributed by atoms with Crippen molar-refractivity contribution in [2.45, 2.75) is 18.7 Å².